The molecule has 7 heteroatoms. The SMILES string of the molecule is COc1ccc(C(=O)NNC(=O)c2ccc(COc3ccccc3)o2)cc1. The van der Waals surface area contributed by atoms with E-state index in [1.165, 1.54) is 13.2 Å². The van der Waals surface area contributed by atoms with Crippen LogP contribution in [-0.2, 0) is 6.61 Å². The van der Waals surface area contributed by atoms with Gasteiger partial charge in [0.25, 0.3) is 5.91 Å². The van der Waals surface area contributed by atoms with Gasteiger partial charge in [0.05, 0.1) is 7.11 Å². The number of carbonyl (C=O) groups excluding carboxylic acids is 2. The fraction of sp³-hybridized carbons (Fsp3) is 0.100. The van der Waals surface area contributed by atoms with Gasteiger partial charge >= 0.3 is 5.91 Å². The van der Waals surface area contributed by atoms with Crippen molar-refractivity contribution in [1.82, 2.24) is 10.9 Å². The van der Waals surface area contributed by atoms with Crippen LogP contribution in [0.1, 0.15) is 26.7 Å². The van der Waals surface area contributed by atoms with E-state index in [0.29, 0.717) is 22.8 Å². The molecule has 0 bridgehead atoms. The molecule has 0 aliphatic heterocycles. The van der Waals surface area contributed by atoms with E-state index in [4.69, 9.17) is 13.9 Å². The van der Waals surface area contributed by atoms with Gasteiger partial charge in [-0.25, -0.2) is 0 Å². The summed E-state index contributed by atoms with van der Waals surface area (Å²) in [5, 5.41) is 0. The first-order chi connectivity index (χ1) is 13.2. The lowest BCUT2D eigenvalue weighted by Gasteiger charge is -2.07. The summed E-state index contributed by atoms with van der Waals surface area (Å²) >= 11 is 0. The Morgan fingerprint density at radius 3 is 2.26 bits per heavy atom. The quantitative estimate of drug-likeness (QED) is 0.655. The van der Waals surface area contributed by atoms with Crippen LogP contribution in [0.3, 0.4) is 0 Å². The van der Waals surface area contributed by atoms with E-state index in [1.807, 2.05) is 30.3 Å². The van der Waals surface area contributed by atoms with E-state index in [0.717, 1.165) is 0 Å². The maximum Gasteiger partial charge on any atom is 0.305 e. The van der Waals surface area contributed by atoms with Gasteiger partial charge in [0.15, 0.2) is 5.76 Å². The molecule has 1 heterocycles. The van der Waals surface area contributed by atoms with E-state index in [1.54, 1.807) is 30.3 Å². The summed E-state index contributed by atoms with van der Waals surface area (Å²) in [7, 11) is 1.54. The molecule has 0 unspecified atom stereocenters. The molecule has 3 aromatic rings. The maximum absolute atomic E-state index is 12.1. The van der Waals surface area contributed by atoms with Gasteiger partial charge in [-0.2, -0.15) is 0 Å². The van der Waals surface area contributed by atoms with Crippen molar-refractivity contribution in [3.05, 3.63) is 83.8 Å². The number of hydrazine groups is 1. The van der Waals surface area contributed by atoms with E-state index in [-0.39, 0.29) is 12.4 Å². The van der Waals surface area contributed by atoms with Gasteiger partial charge in [0.2, 0.25) is 0 Å². The molecule has 7 nitrogen and oxygen atoms in total. The number of amides is 2. The van der Waals surface area contributed by atoms with E-state index in [2.05, 4.69) is 10.9 Å². The molecule has 0 aliphatic rings. The van der Waals surface area contributed by atoms with Crippen molar-refractivity contribution in [2.24, 2.45) is 0 Å². The largest absolute Gasteiger partial charge is 0.497 e. The summed E-state index contributed by atoms with van der Waals surface area (Å²) in [4.78, 5) is 24.1. The lowest BCUT2D eigenvalue weighted by Crippen LogP contribution is -2.41. The number of rotatable bonds is 6. The minimum Gasteiger partial charge on any atom is -0.497 e. The molecule has 0 aliphatic carbocycles. The Hall–Kier alpha value is -3.74. The third kappa shape index (κ3) is 4.88. The van der Waals surface area contributed by atoms with E-state index >= 15 is 0 Å². The molecule has 2 aromatic carbocycles. The number of benzene rings is 2. The van der Waals surface area contributed by atoms with Crippen LogP contribution in [0, 0.1) is 0 Å². The number of hydrogen-bond acceptors (Lipinski definition) is 5. The Bertz CT molecular complexity index is 904. The van der Waals surface area contributed by atoms with Gasteiger partial charge in [0.1, 0.15) is 23.9 Å². The second kappa shape index (κ2) is 8.57. The van der Waals surface area contributed by atoms with Crippen LogP contribution in [0.4, 0.5) is 0 Å². The fourth-order valence-corrected chi connectivity index (χ4v) is 2.24. The number of hydrogen-bond donors (Lipinski definition) is 2. The Labute approximate surface area is 155 Å². The summed E-state index contributed by atoms with van der Waals surface area (Å²) in [6.45, 7) is 0.190. The Morgan fingerprint density at radius 2 is 1.56 bits per heavy atom. The van der Waals surface area contributed by atoms with Crippen molar-refractivity contribution in [2.75, 3.05) is 7.11 Å². The average Bonchev–Trinajstić information content (AvgIpc) is 3.20. The predicted octanol–water partition coefficient (Wildman–Crippen LogP) is 2.94. The van der Waals surface area contributed by atoms with Crippen LogP contribution in [0.2, 0.25) is 0 Å². The van der Waals surface area contributed by atoms with Crippen LogP contribution in [0.5, 0.6) is 11.5 Å². The number of para-hydroxylation sites is 1. The molecule has 1 aromatic heterocycles. The number of nitrogens with one attached hydrogen (secondary N) is 2. The molecule has 27 heavy (non-hydrogen) atoms. The molecular formula is C20H18N2O5. The van der Waals surface area contributed by atoms with Crippen LogP contribution >= 0.6 is 0 Å². The summed E-state index contributed by atoms with van der Waals surface area (Å²) in [6.07, 6.45) is 0. The topological polar surface area (TPSA) is 89.8 Å². The van der Waals surface area contributed by atoms with Crippen LogP contribution < -0.4 is 20.3 Å². The summed E-state index contributed by atoms with van der Waals surface area (Å²) < 4.78 is 16.0. The van der Waals surface area contributed by atoms with Gasteiger partial charge < -0.3 is 13.9 Å². The van der Waals surface area contributed by atoms with Crippen molar-refractivity contribution < 1.29 is 23.5 Å². The molecule has 2 N–H and O–H groups in total. The van der Waals surface area contributed by atoms with Crippen molar-refractivity contribution in [3.63, 3.8) is 0 Å². The standard InChI is InChI=1S/C20H18N2O5/c1-25-15-9-7-14(8-10-15)19(23)21-22-20(24)18-12-11-17(27-18)13-26-16-5-3-2-4-6-16/h2-12H,13H2,1H3,(H,21,23)(H,22,24). The fourth-order valence-electron chi connectivity index (χ4n) is 2.24. The zero-order valence-corrected chi connectivity index (χ0v) is 14.6. The summed E-state index contributed by atoms with van der Waals surface area (Å²) in [5.74, 6) is 0.873. The number of methoxy groups -OCH3 is 1. The summed E-state index contributed by atoms with van der Waals surface area (Å²) in [6, 6.07) is 18.9. The first-order valence-electron chi connectivity index (χ1n) is 8.17. The molecule has 2 amide bonds. The predicted molar refractivity (Wildman–Crippen MR) is 97.4 cm³/mol. The smallest absolute Gasteiger partial charge is 0.305 e. The first kappa shape index (κ1) is 18.1. The third-order valence-electron chi connectivity index (χ3n) is 3.65. The van der Waals surface area contributed by atoms with Gasteiger partial charge in [-0.15, -0.1) is 0 Å². The van der Waals surface area contributed by atoms with E-state index in [9.17, 15) is 9.59 Å². The van der Waals surface area contributed by atoms with Crippen molar-refractivity contribution in [2.45, 2.75) is 6.61 Å². The van der Waals surface area contributed by atoms with Crippen LogP contribution in [-0.4, -0.2) is 18.9 Å². The minimum absolute atomic E-state index is 0.0664. The minimum atomic E-state index is -0.567. The molecule has 3 rings (SSSR count). The van der Waals surface area contributed by atoms with Gasteiger partial charge in [-0.1, -0.05) is 18.2 Å². The number of carbonyl (C=O) groups is 2. The molecular weight excluding hydrogens is 348 g/mol. The molecule has 0 saturated heterocycles. The zero-order valence-electron chi connectivity index (χ0n) is 14.6. The van der Waals surface area contributed by atoms with Crippen molar-refractivity contribution >= 4 is 11.8 Å². The molecule has 138 valence electrons. The van der Waals surface area contributed by atoms with Gasteiger partial charge in [0, 0.05) is 5.56 Å². The highest BCUT2D eigenvalue weighted by Gasteiger charge is 2.13. The third-order valence-corrected chi connectivity index (χ3v) is 3.65. The monoisotopic (exact) mass is 366 g/mol. The number of furan rings is 1. The molecule has 0 radical (unpaired) electrons. The first-order valence-corrected chi connectivity index (χ1v) is 8.17. The maximum atomic E-state index is 12.1. The highest BCUT2D eigenvalue weighted by molar-refractivity contribution is 5.98. The highest BCUT2D eigenvalue weighted by atomic mass is 16.5. The second-order valence-corrected chi connectivity index (χ2v) is 5.50. The normalized spacial score (nSPS) is 10.1. The van der Waals surface area contributed by atoms with Crippen molar-refractivity contribution in [1.29, 1.82) is 0 Å². The lowest BCUT2D eigenvalue weighted by atomic mass is 10.2. The Kier molecular flexibility index (Phi) is 5.73. The average molecular weight is 366 g/mol. The zero-order chi connectivity index (χ0) is 19.1. The Morgan fingerprint density at radius 1 is 0.852 bits per heavy atom. The highest BCUT2D eigenvalue weighted by Crippen LogP contribution is 2.14. The van der Waals surface area contributed by atoms with Gasteiger partial charge in [-0.05, 0) is 48.5 Å². The van der Waals surface area contributed by atoms with Crippen molar-refractivity contribution in [3.8, 4) is 11.5 Å². The summed E-state index contributed by atoms with van der Waals surface area (Å²) in [5.41, 5.74) is 5.02. The Balaban J connectivity index is 1.50. The van der Waals surface area contributed by atoms with Crippen LogP contribution in [0.15, 0.2) is 71.1 Å². The number of ether oxygens (including phenoxy) is 2. The molecule has 0 spiro atoms. The van der Waals surface area contributed by atoms with Gasteiger partial charge in [-0.3, -0.25) is 20.4 Å². The second-order valence-electron chi connectivity index (χ2n) is 5.50. The molecule has 0 fully saturated rings. The molecule has 0 saturated carbocycles. The lowest BCUT2D eigenvalue weighted by molar-refractivity contribution is 0.0828. The van der Waals surface area contributed by atoms with Crippen LogP contribution in [0.25, 0.3) is 0 Å². The van der Waals surface area contributed by atoms with E-state index < -0.39 is 11.8 Å². The molecule has 0 atom stereocenters.